The molecule has 0 spiro atoms. The molecule has 4 rings (SSSR count). The Labute approximate surface area is 195 Å². The molecule has 3 aromatic rings. The number of carbonyl (C=O) groups is 1. The third-order valence-electron chi connectivity index (χ3n) is 5.37. The lowest BCUT2D eigenvalue weighted by atomic mass is 10.00. The van der Waals surface area contributed by atoms with Crippen LogP contribution in [0.2, 0.25) is 0 Å². The smallest absolute Gasteiger partial charge is 0.256 e. The Bertz CT molecular complexity index is 1010. The summed E-state index contributed by atoms with van der Waals surface area (Å²) in [6.07, 6.45) is 3.46. The molecule has 2 heterocycles. The number of aryl methyl sites for hydroxylation is 1. The van der Waals surface area contributed by atoms with Crippen molar-refractivity contribution in [1.29, 1.82) is 0 Å². The van der Waals surface area contributed by atoms with Gasteiger partial charge in [0.2, 0.25) is 0 Å². The number of halogens is 2. The van der Waals surface area contributed by atoms with Gasteiger partial charge in [-0.3, -0.25) is 9.78 Å². The first kappa shape index (κ1) is 24.7. The molecule has 1 amide bonds. The summed E-state index contributed by atoms with van der Waals surface area (Å²) in [6, 6.07) is 18.0. The molecule has 0 aliphatic carbocycles. The van der Waals surface area contributed by atoms with Crippen molar-refractivity contribution in [3.63, 3.8) is 0 Å². The first-order chi connectivity index (χ1) is 14.2. The Morgan fingerprint density at radius 3 is 2.55 bits per heavy atom. The van der Waals surface area contributed by atoms with Crippen molar-refractivity contribution in [2.45, 2.75) is 13.0 Å². The van der Waals surface area contributed by atoms with Gasteiger partial charge in [0.25, 0.3) is 5.91 Å². The van der Waals surface area contributed by atoms with Gasteiger partial charge in [0, 0.05) is 43.2 Å². The zero-order chi connectivity index (χ0) is 20.2. The van der Waals surface area contributed by atoms with Crippen molar-refractivity contribution < 1.29 is 9.53 Å². The fourth-order valence-corrected chi connectivity index (χ4v) is 3.79. The topological polar surface area (TPSA) is 54.5 Å². The quantitative estimate of drug-likeness (QED) is 0.614. The number of rotatable bonds is 4. The first-order valence-electron chi connectivity index (χ1n) is 9.84. The van der Waals surface area contributed by atoms with Gasteiger partial charge in [-0.2, -0.15) is 0 Å². The van der Waals surface area contributed by atoms with Gasteiger partial charge in [0.05, 0.1) is 18.7 Å². The molecular weight excluding hydrogens is 433 g/mol. The molecule has 5 nitrogen and oxygen atoms in total. The molecule has 2 aromatic carbocycles. The highest BCUT2D eigenvalue weighted by molar-refractivity contribution is 5.95. The minimum absolute atomic E-state index is 0. The van der Waals surface area contributed by atoms with E-state index in [0.29, 0.717) is 18.7 Å². The molecule has 1 atom stereocenters. The second-order valence-electron chi connectivity index (χ2n) is 7.29. The summed E-state index contributed by atoms with van der Waals surface area (Å²) in [5.74, 6) is 0.786. The maximum atomic E-state index is 13.4. The Balaban J connectivity index is 0.00000171. The second-order valence-corrected chi connectivity index (χ2v) is 7.29. The Morgan fingerprint density at radius 1 is 1.06 bits per heavy atom. The second kappa shape index (κ2) is 11.1. The van der Waals surface area contributed by atoms with Crippen molar-refractivity contribution in [2.24, 2.45) is 0 Å². The number of hydrogen-bond donors (Lipinski definition) is 1. The number of nitrogens with zero attached hydrogens (tertiary/aromatic N) is 2. The Hall–Kier alpha value is -2.60. The summed E-state index contributed by atoms with van der Waals surface area (Å²) in [5, 5.41) is 3.40. The van der Waals surface area contributed by atoms with E-state index in [1.54, 1.807) is 19.5 Å². The van der Waals surface area contributed by atoms with Crippen LogP contribution >= 0.6 is 24.8 Å². The monoisotopic (exact) mass is 459 g/mol. The Morgan fingerprint density at radius 2 is 1.81 bits per heavy atom. The van der Waals surface area contributed by atoms with Crippen LogP contribution in [0.4, 0.5) is 0 Å². The number of para-hydroxylation sites is 1. The lowest BCUT2D eigenvalue weighted by Crippen LogP contribution is -2.48. The average Bonchev–Trinajstić information content (AvgIpc) is 2.79. The molecule has 31 heavy (non-hydrogen) atoms. The maximum Gasteiger partial charge on any atom is 0.256 e. The number of pyridine rings is 1. The van der Waals surface area contributed by atoms with Gasteiger partial charge in [-0.1, -0.05) is 48.0 Å². The van der Waals surface area contributed by atoms with E-state index in [1.807, 2.05) is 35.2 Å². The summed E-state index contributed by atoms with van der Waals surface area (Å²) in [4.78, 5) is 19.7. The van der Waals surface area contributed by atoms with E-state index in [-0.39, 0.29) is 36.8 Å². The van der Waals surface area contributed by atoms with Gasteiger partial charge in [0.1, 0.15) is 5.75 Å². The van der Waals surface area contributed by atoms with Gasteiger partial charge in [-0.15, -0.1) is 24.8 Å². The van der Waals surface area contributed by atoms with Crippen molar-refractivity contribution in [3.05, 3.63) is 83.7 Å². The minimum Gasteiger partial charge on any atom is -0.496 e. The summed E-state index contributed by atoms with van der Waals surface area (Å²) in [7, 11) is 1.66. The fourth-order valence-electron chi connectivity index (χ4n) is 3.79. The number of hydrogen-bond acceptors (Lipinski definition) is 4. The van der Waals surface area contributed by atoms with Gasteiger partial charge in [-0.05, 0) is 24.6 Å². The lowest BCUT2D eigenvalue weighted by Gasteiger charge is -2.37. The van der Waals surface area contributed by atoms with Gasteiger partial charge in [-0.25, -0.2) is 0 Å². The van der Waals surface area contributed by atoms with Crippen LogP contribution < -0.4 is 10.1 Å². The van der Waals surface area contributed by atoms with Crippen LogP contribution in [0.5, 0.6) is 5.75 Å². The lowest BCUT2D eigenvalue weighted by molar-refractivity contribution is 0.0631. The number of aromatic nitrogens is 1. The normalized spacial score (nSPS) is 15.4. The molecule has 0 saturated carbocycles. The number of nitrogens with one attached hydrogen (secondary N) is 1. The van der Waals surface area contributed by atoms with Gasteiger partial charge in [0.15, 0.2) is 0 Å². The number of benzene rings is 2. The maximum absolute atomic E-state index is 13.4. The largest absolute Gasteiger partial charge is 0.496 e. The van der Waals surface area contributed by atoms with Crippen LogP contribution in [0.1, 0.15) is 27.5 Å². The highest BCUT2D eigenvalue weighted by Crippen LogP contribution is 2.31. The van der Waals surface area contributed by atoms with E-state index in [2.05, 4.69) is 41.5 Å². The van der Waals surface area contributed by atoms with Crippen molar-refractivity contribution >= 4 is 30.7 Å². The summed E-state index contributed by atoms with van der Waals surface area (Å²) in [5.41, 5.74) is 4.82. The molecule has 1 aliphatic heterocycles. The molecule has 1 N–H and O–H groups in total. The van der Waals surface area contributed by atoms with Crippen LogP contribution in [0.25, 0.3) is 11.1 Å². The van der Waals surface area contributed by atoms with E-state index in [9.17, 15) is 4.79 Å². The van der Waals surface area contributed by atoms with E-state index < -0.39 is 0 Å². The standard InChI is InChI=1S/C24H25N3O2.2ClH/c1-17-7-9-18(10-8-17)19-13-20(15-26-14-19)24(28)27-12-11-25-16-22(27)21-5-3-4-6-23(21)29-2;;/h3-10,13-15,22,25H,11-12,16H2,1-2H3;2*1H. The minimum atomic E-state index is -0.0876. The molecule has 1 aromatic heterocycles. The van der Waals surface area contributed by atoms with Crippen molar-refractivity contribution in [1.82, 2.24) is 15.2 Å². The molecule has 1 saturated heterocycles. The third-order valence-corrected chi connectivity index (χ3v) is 5.37. The summed E-state index contributed by atoms with van der Waals surface area (Å²) >= 11 is 0. The Kier molecular flexibility index (Phi) is 8.87. The average molecular weight is 460 g/mol. The van der Waals surface area contributed by atoms with Crippen LogP contribution in [-0.2, 0) is 0 Å². The SMILES string of the molecule is COc1ccccc1C1CNCCN1C(=O)c1cncc(-c2ccc(C)cc2)c1.Cl.Cl. The predicted octanol–water partition coefficient (Wildman–Crippen LogP) is 4.70. The number of ether oxygens (including phenoxy) is 1. The highest BCUT2D eigenvalue weighted by atomic mass is 35.5. The molecule has 0 radical (unpaired) electrons. The molecule has 7 heteroatoms. The predicted molar refractivity (Wildman–Crippen MR) is 129 cm³/mol. The van der Waals surface area contributed by atoms with E-state index in [1.165, 1.54) is 5.56 Å². The fraction of sp³-hybridized carbons (Fsp3) is 0.250. The third kappa shape index (κ3) is 5.37. The number of piperazine rings is 1. The van der Waals surface area contributed by atoms with Crippen molar-refractivity contribution in [2.75, 3.05) is 26.7 Å². The van der Waals surface area contributed by atoms with Crippen LogP contribution in [0, 0.1) is 6.92 Å². The number of carbonyl (C=O) groups excluding carboxylic acids is 1. The summed E-state index contributed by atoms with van der Waals surface area (Å²) < 4.78 is 5.54. The number of amides is 1. The van der Waals surface area contributed by atoms with E-state index in [0.717, 1.165) is 29.0 Å². The molecular formula is C24H27Cl2N3O2. The zero-order valence-corrected chi connectivity index (χ0v) is 19.2. The first-order valence-corrected chi connectivity index (χ1v) is 9.84. The molecule has 0 bridgehead atoms. The highest BCUT2D eigenvalue weighted by Gasteiger charge is 2.30. The molecule has 1 fully saturated rings. The summed E-state index contributed by atoms with van der Waals surface area (Å²) in [6.45, 7) is 4.15. The zero-order valence-electron chi connectivity index (χ0n) is 17.6. The number of methoxy groups -OCH3 is 1. The van der Waals surface area contributed by atoms with E-state index >= 15 is 0 Å². The van der Waals surface area contributed by atoms with Crippen LogP contribution in [-0.4, -0.2) is 42.5 Å². The van der Waals surface area contributed by atoms with Gasteiger partial charge >= 0.3 is 0 Å². The molecule has 1 unspecified atom stereocenters. The van der Waals surface area contributed by atoms with E-state index in [4.69, 9.17) is 4.74 Å². The van der Waals surface area contributed by atoms with Crippen molar-refractivity contribution in [3.8, 4) is 16.9 Å². The van der Waals surface area contributed by atoms with Crippen LogP contribution in [0.15, 0.2) is 67.0 Å². The molecule has 1 aliphatic rings. The molecule has 164 valence electrons. The van der Waals surface area contributed by atoms with Gasteiger partial charge < -0.3 is 15.0 Å². The van der Waals surface area contributed by atoms with Crippen LogP contribution in [0.3, 0.4) is 0 Å².